The summed E-state index contributed by atoms with van der Waals surface area (Å²) < 4.78 is 32.9. The number of rotatable bonds is 6. The molecule has 2 aromatic carbocycles. The van der Waals surface area contributed by atoms with Gasteiger partial charge in [-0.3, -0.25) is 9.97 Å². The molecule has 1 aliphatic rings. The number of ether oxygens (including phenoxy) is 1. The van der Waals surface area contributed by atoms with Crippen molar-refractivity contribution >= 4 is 54.9 Å². The molecule has 0 spiro atoms. The lowest BCUT2D eigenvalue weighted by molar-refractivity contribution is 0.0839. The molecule has 2 N–H and O–H groups in total. The number of hydrogen-bond acceptors (Lipinski definition) is 7. The minimum absolute atomic E-state index is 0.109. The molecule has 4 aromatic rings. The highest BCUT2D eigenvalue weighted by molar-refractivity contribution is 7.56. The fraction of sp³-hybridized carbons (Fsp3) is 0.182. The van der Waals surface area contributed by atoms with E-state index in [-0.39, 0.29) is 6.10 Å². The first-order chi connectivity index (χ1) is 16.4. The van der Waals surface area contributed by atoms with E-state index < -0.39 is 23.0 Å². The number of hydrogen-bond donors (Lipinski definition) is 2. The van der Waals surface area contributed by atoms with Gasteiger partial charge < -0.3 is 23.6 Å². The molecular formula is C22H19ClN2O7P2. The highest BCUT2D eigenvalue weighted by Crippen LogP contribution is 2.48. The second-order valence-corrected chi connectivity index (χ2v) is 10.6. The third-order valence-corrected chi connectivity index (χ3v) is 7.39. The topological polar surface area (TPSA) is 120 Å². The smallest absolute Gasteiger partial charge is 0.466 e. The van der Waals surface area contributed by atoms with Crippen LogP contribution in [0.5, 0.6) is 5.75 Å². The standard InChI is InChI=1S/C22H19ClN2O7P2/c23-16-3-1-2-14(10-16)19-7-9-30-33(32-19)17-11-15-4-5-18-20(29-13-31-34(26,27)28)6-8-24-22(18)21(15)25-12-17/h1-6,8,10-12,19H,7,9,13H2,(H2,26,27,28). The van der Waals surface area contributed by atoms with Gasteiger partial charge in [-0.2, -0.15) is 0 Å². The number of benzene rings is 2. The lowest BCUT2D eigenvalue weighted by atomic mass is 10.1. The number of pyridine rings is 2. The number of phosphoric acid groups is 1. The Morgan fingerprint density at radius 2 is 2.03 bits per heavy atom. The zero-order chi connectivity index (χ0) is 23.7. The molecule has 1 saturated heterocycles. The Morgan fingerprint density at radius 3 is 2.85 bits per heavy atom. The molecule has 1 fully saturated rings. The van der Waals surface area contributed by atoms with Gasteiger partial charge in [-0.05, 0) is 35.9 Å². The summed E-state index contributed by atoms with van der Waals surface area (Å²) in [5.41, 5.74) is 2.26. The van der Waals surface area contributed by atoms with Crippen molar-refractivity contribution in [2.45, 2.75) is 12.5 Å². The third-order valence-electron chi connectivity index (χ3n) is 5.18. The SMILES string of the molecule is O=P(O)(O)OCOc1ccnc2c1ccc1cc(P3OCCC(c4cccc(Cl)c4)O3)cnc12. The van der Waals surface area contributed by atoms with Gasteiger partial charge in [-0.1, -0.05) is 29.8 Å². The molecule has 0 radical (unpaired) electrons. The first-order valence-electron chi connectivity index (χ1n) is 10.2. The normalized spacial score (nSPS) is 18.9. The van der Waals surface area contributed by atoms with Crippen molar-refractivity contribution in [3.8, 4) is 5.75 Å². The molecule has 34 heavy (non-hydrogen) atoms. The maximum Gasteiger partial charge on any atom is 0.472 e. The molecule has 9 nitrogen and oxygen atoms in total. The average molecular weight is 521 g/mol. The van der Waals surface area contributed by atoms with Crippen molar-refractivity contribution in [2.75, 3.05) is 13.4 Å². The predicted molar refractivity (Wildman–Crippen MR) is 128 cm³/mol. The Bertz CT molecular complexity index is 1400. The maximum atomic E-state index is 10.9. The molecule has 0 saturated carbocycles. The van der Waals surface area contributed by atoms with E-state index in [1.165, 1.54) is 6.20 Å². The first kappa shape index (κ1) is 23.5. The minimum Gasteiger partial charge on any atom is -0.466 e. The van der Waals surface area contributed by atoms with Crippen molar-refractivity contribution in [1.82, 2.24) is 9.97 Å². The molecule has 1 aliphatic heterocycles. The number of nitrogens with zero attached hydrogens (tertiary/aromatic N) is 2. The predicted octanol–water partition coefficient (Wildman–Crippen LogP) is 5.00. The Labute approximate surface area is 200 Å². The highest BCUT2D eigenvalue weighted by Gasteiger charge is 2.27. The number of fused-ring (bicyclic) bond motifs is 3. The van der Waals surface area contributed by atoms with Gasteiger partial charge in [0.2, 0.25) is 8.38 Å². The second kappa shape index (κ2) is 9.82. The number of aromatic nitrogens is 2. The summed E-state index contributed by atoms with van der Waals surface area (Å²) in [6, 6.07) is 14.9. The van der Waals surface area contributed by atoms with Crippen LogP contribution in [0.15, 0.2) is 60.9 Å². The van der Waals surface area contributed by atoms with Crippen LogP contribution in [0.4, 0.5) is 0 Å². The van der Waals surface area contributed by atoms with Gasteiger partial charge in [0.25, 0.3) is 0 Å². The van der Waals surface area contributed by atoms with E-state index in [0.717, 1.165) is 22.7 Å². The van der Waals surface area contributed by atoms with Crippen LogP contribution in [-0.4, -0.2) is 33.2 Å². The van der Waals surface area contributed by atoms with Crippen molar-refractivity contribution in [3.63, 3.8) is 0 Å². The van der Waals surface area contributed by atoms with Crippen LogP contribution >= 0.6 is 27.8 Å². The minimum atomic E-state index is -4.63. The lowest BCUT2D eigenvalue weighted by Crippen LogP contribution is -2.17. The molecule has 3 heterocycles. The molecule has 2 unspecified atom stereocenters. The molecule has 12 heteroatoms. The summed E-state index contributed by atoms with van der Waals surface area (Å²) in [4.78, 5) is 26.7. The Morgan fingerprint density at radius 1 is 1.15 bits per heavy atom. The third kappa shape index (κ3) is 5.23. The van der Waals surface area contributed by atoms with E-state index in [0.29, 0.717) is 33.8 Å². The van der Waals surface area contributed by atoms with Gasteiger partial charge in [0.15, 0.2) is 6.79 Å². The van der Waals surface area contributed by atoms with E-state index in [1.807, 2.05) is 42.5 Å². The van der Waals surface area contributed by atoms with Gasteiger partial charge in [0.05, 0.1) is 18.2 Å². The van der Waals surface area contributed by atoms with Gasteiger partial charge in [-0.15, -0.1) is 0 Å². The molecule has 0 bridgehead atoms. The lowest BCUT2D eigenvalue weighted by Gasteiger charge is -2.29. The molecule has 5 rings (SSSR count). The Balaban J connectivity index is 1.41. The van der Waals surface area contributed by atoms with Crippen LogP contribution in [0.2, 0.25) is 5.02 Å². The van der Waals surface area contributed by atoms with Crippen LogP contribution in [0, 0.1) is 0 Å². The van der Waals surface area contributed by atoms with Crippen LogP contribution < -0.4 is 10.0 Å². The summed E-state index contributed by atoms with van der Waals surface area (Å²) >= 11 is 6.14. The number of phosphoric ester groups is 1. The van der Waals surface area contributed by atoms with Crippen molar-refractivity contribution in [1.29, 1.82) is 0 Å². The van der Waals surface area contributed by atoms with E-state index >= 15 is 0 Å². The van der Waals surface area contributed by atoms with Crippen molar-refractivity contribution < 1.29 is 32.7 Å². The largest absolute Gasteiger partial charge is 0.472 e. The average Bonchev–Trinajstić information content (AvgIpc) is 2.83. The van der Waals surface area contributed by atoms with Crippen molar-refractivity contribution in [3.05, 3.63) is 71.5 Å². The van der Waals surface area contributed by atoms with E-state index in [2.05, 4.69) is 14.5 Å². The maximum absolute atomic E-state index is 10.9. The second-order valence-electron chi connectivity index (χ2n) is 7.45. The summed E-state index contributed by atoms with van der Waals surface area (Å²) in [6.45, 7) is -0.0296. The zero-order valence-corrected chi connectivity index (χ0v) is 20.1. The molecule has 2 aromatic heterocycles. The quantitative estimate of drug-likeness (QED) is 0.205. The molecule has 176 valence electrons. The Kier molecular flexibility index (Phi) is 6.80. The van der Waals surface area contributed by atoms with Gasteiger partial charge in [0.1, 0.15) is 11.3 Å². The van der Waals surface area contributed by atoms with E-state index in [4.69, 9.17) is 35.2 Å². The van der Waals surface area contributed by atoms with Crippen LogP contribution in [-0.2, 0) is 18.1 Å². The fourth-order valence-corrected chi connectivity index (χ4v) is 5.52. The molecule has 0 aliphatic carbocycles. The van der Waals surface area contributed by atoms with E-state index in [1.54, 1.807) is 12.3 Å². The van der Waals surface area contributed by atoms with Crippen LogP contribution in [0.25, 0.3) is 21.8 Å². The van der Waals surface area contributed by atoms with Gasteiger partial charge in [-0.25, -0.2) is 9.09 Å². The highest BCUT2D eigenvalue weighted by atomic mass is 35.5. The van der Waals surface area contributed by atoms with Crippen molar-refractivity contribution in [2.24, 2.45) is 0 Å². The summed E-state index contributed by atoms with van der Waals surface area (Å²) in [7, 11) is -5.95. The van der Waals surface area contributed by atoms with Crippen LogP contribution in [0.3, 0.4) is 0 Å². The number of halogens is 1. The Hall–Kier alpha value is -2.19. The molecule has 0 amide bonds. The first-order valence-corrected chi connectivity index (χ1v) is 13.3. The molecular weight excluding hydrogens is 502 g/mol. The van der Waals surface area contributed by atoms with Gasteiger partial charge in [0, 0.05) is 39.9 Å². The van der Waals surface area contributed by atoms with Crippen LogP contribution in [0.1, 0.15) is 18.1 Å². The monoisotopic (exact) mass is 520 g/mol. The summed E-state index contributed by atoms with van der Waals surface area (Å²) in [5.74, 6) is 0.374. The zero-order valence-electron chi connectivity index (χ0n) is 17.6. The van der Waals surface area contributed by atoms with Gasteiger partial charge >= 0.3 is 7.82 Å². The van der Waals surface area contributed by atoms with E-state index in [9.17, 15) is 4.57 Å². The summed E-state index contributed by atoms with van der Waals surface area (Å²) in [6.07, 6.45) is 3.89. The summed E-state index contributed by atoms with van der Waals surface area (Å²) in [5, 5.41) is 3.00. The molecule has 2 atom stereocenters. The fourth-order valence-electron chi connectivity index (χ4n) is 3.67.